The van der Waals surface area contributed by atoms with E-state index in [1.807, 2.05) is 37.3 Å². The summed E-state index contributed by atoms with van der Waals surface area (Å²) in [5.41, 5.74) is 0.915. The summed E-state index contributed by atoms with van der Waals surface area (Å²) in [4.78, 5) is 12.1. The molecule has 2 unspecified atom stereocenters. The van der Waals surface area contributed by atoms with Gasteiger partial charge in [-0.15, -0.1) is 21.5 Å². The number of fused-ring (bicyclic) bond motifs is 1. The van der Waals surface area contributed by atoms with E-state index >= 15 is 0 Å². The predicted molar refractivity (Wildman–Crippen MR) is 90.8 cm³/mol. The van der Waals surface area contributed by atoms with Crippen LogP contribution in [0.4, 0.5) is 4.79 Å². The van der Waals surface area contributed by atoms with Gasteiger partial charge in [-0.1, -0.05) is 30.3 Å². The number of piperidine rings is 1. The predicted octanol–water partition coefficient (Wildman–Crippen LogP) is 1.86. The molecule has 4 rings (SSSR count). The topological polar surface area (TPSA) is 76.1 Å². The van der Waals surface area contributed by atoms with Crippen molar-refractivity contribution in [1.29, 1.82) is 0 Å². The third-order valence-electron chi connectivity index (χ3n) is 5.07. The van der Waals surface area contributed by atoms with E-state index in [2.05, 4.69) is 20.8 Å². The van der Waals surface area contributed by atoms with E-state index in [0.717, 1.165) is 28.7 Å². The smallest absolute Gasteiger partial charge is 0.407 e. The molecule has 126 valence electrons. The molecule has 0 radical (unpaired) electrons. The SMILES string of the molecule is Cc1nnc(C2(COC(=O)NCc3ccccc3)C3CNCC32)s1. The van der Waals surface area contributed by atoms with Crippen molar-refractivity contribution in [2.75, 3.05) is 19.7 Å². The second-order valence-electron chi connectivity index (χ2n) is 6.45. The number of aromatic nitrogens is 2. The molecule has 2 aromatic rings. The summed E-state index contributed by atoms with van der Waals surface area (Å²) in [6.45, 7) is 4.72. The van der Waals surface area contributed by atoms with Gasteiger partial charge in [0.2, 0.25) is 0 Å². The van der Waals surface area contributed by atoms with Crippen LogP contribution in [0, 0.1) is 18.8 Å². The quantitative estimate of drug-likeness (QED) is 0.866. The summed E-state index contributed by atoms with van der Waals surface area (Å²) in [5, 5.41) is 16.6. The molecular formula is C17H20N4O2S. The molecule has 1 amide bonds. The third kappa shape index (κ3) is 2.67. The number of nitrogens with one attached hydrogen (secondary N) is 2. The molecule has 24 heavy (non-hydrogen) atoms. The first-order valence-electron chi connectivity index (χ1n) is 8.16. The molecule has 0 spiro atoms. The van der Waals surface area contributed by atoms with Gasteiger partial charge in [0.05, 0.1) is 5.41 Å². The van der Waals surface area contributed by atoms with Gasteiger partial charge >= 0.3 is 6.09 Å². The lowest BCUT2D eigenvalue weighted by Gasteiger charge is -2.18. The van der Waals surface area contributed by atoms with E-state index in [4.69, 9.17) is 4.74 Å². The van der Waals surface area contributed by atoms with Gasteiger partial charge in [0.1, 0.15) is 16.6 Å². The molecule has 2 fully saturated rings. The summed E-state index contributed by atoms with van der Waals surface area (Å²) in [5.74, 6) is 0.985. The molecule has 2 aliphatic rings. The first kappa shape index (κ1) is 15.5. The zero-order chi connectivity index (χ0) is 16.6. The van der Waals surface area contributed by atoms with E-state index in [-0.39, 0.29) is 11.5 Å². The minimum Gasteiger partial charge on any atom is -0.448 e. The van der Waals surface area contributed by atoms with Gasteiger partial charge in [-0.05, 0) is 37.4 Å². The molecule has 2 atom stereocenters. The number of rotatable bonds is 5. The summed E-state index contributed by atoms with van der Waals surface area (Å²) < 4.78 is 5.55. The van der Waals surface area contributed by atoms with Crippen molar-refractivity contribution in [2.24, 2.45) is 11.8 Å². The maximum absolute atomic E-state index is 12.1. The summed E-state index contributed by atoms with van der Waals surface area (Å²) in [6, 6.07) is 9.81. The molecule has 0 bridgehead atoms. The minimum atomic E-state index is -0.377. The van der Waals surface area contributed by atoms with E-state index in [0.29, 0.717) is 25.0 Å². The van der Waals surface area contributed by atoms with E-state index in [1.165, 1.54) is 0 Å². The van der Waals surface area contributed by atoms with Crippen LogP contribution >= 0.6 is 11.3 Å². The molecular weight excluding hydrogens is 324 g/mol. The molecule has 1 aliphatic carbocycles. The summed E-state index contributed by atoms with van der Waals surface area (Å²) in [6.07, 6.45) is -0.377. The third-order valence-corrected chi connectivity index (χ3v) is 6.11. The van der Waals surface area contributed by atoms with Gasteiger partial charge in [0.25, 0.3) is 0 Å². The van der Waals surface area contributed by atoms with Crippen LogP contribution in [0.15, 0.2) is 30.3 Å². The molecule has 1 saturated heterocycles. The number of nitrogens with zero attached hydrogens (tertiary/aromatic N) is 2. The number of alkyl carbamates (subject to hydrolysis) is 1. The number of hydrogen-bond donors (Lipinski definition) is 2. The monoisotopic (exact) mass is 344 g/mol. The Balaban J connectivity index is 1.37. The van der Waals surface area contributed by atoms with Crippen molar-refractivity contribution in [3.05, 3.63) is 45.9 Å². The second kappa shape index (κ2) is 6.14. The normalized spacial score (nSPS) is 27.5. The minimum absolute atomic E-state index is 0.138. The molecule has 1 saturated carbocycles. The summed E-state index contributed by atoms with van der Waals surface area (Å²) >= 11 is 1.61. The largest absolute Gasteiger partial charge is 0.448 e. The number of carbonyl (C=O) groups excluding carboxylic acids is 1. The van der Waals surface area contributed by atoms with Crippen LogP contribution in [0.25, 0.3) is 0 Å². The number of hydrogen-bond acceptors (Lipinski definition) is 6. The van der Waals surface area contributed by atoms with Crippen LogP contribution in [0.5, 0.6) is 0 Å². The standard InChI is InChI=1S/C17H20N4O2S/c1-11-20-21-15(24-11)17(13-8-18-9-14(13)17)10-23-16(22)19-7-12-5-3-2-4-6-12/h2-6,13-14,18H,7-10H2,1H3,(H,19,22). The van der Waals surface area contributed by atoms with Gasteiger partial charge < -0.3 is 15.4 Å². The second-order valence-corrected chi connectivity index (χ2v) is 7.63. The van der Waals surface area contributed by atoms with Crippen LogP contribution in [-0.2, 0) is 16.7 Å². The van der Waals surface area contributed by atoms with Gasteiger partial charge in [0, 0.05) is 6.54 Å². The molecule has 2 N–H and O–H groups in total. The van der Waals surface area contributed by atoms with Crippen LogP contribution in [0.2, 0.25) is 0 Å². The zero-order valence-electron chi connectivity index (χ0n) is 13.5. The molecule has 2 heterocycles. The average Bonchev–Trinajstić information content (AvgIpc) is 2.99. The van der Waals surface area contributed by atoms with Crippen molar-refractivity contribution in [2.45, 2.75) is 18.9 Å². The number of benzene rings is 1. The Bertz CT molecular complexity index is 723. The first-order chi connectivity index (χ1) is 11.7. The van der Waals surface area contributed by atoms with Crippen LogP contribution in [0.3, 0.4) is 0 Å². The van der Waals surface area contributed by atoms with Crippen molar-refractivity contribution < 1.29 is 9.53 Å². The van der Waals surface area contributed by atoms with Gasteiger partial charge in [-0.3, -0.25) is 0 Å². The molecule has 1 aromatic heterocycles. The number of amides is 1. The number of carbonyl (C=O) groups is 1. The first-order valence-corrected chi connectivity index (χ1v) is 8.97. The van der Waals surface area contributed by atoms with E-state index < -0.39 is 0 Å². The Morgan fingerprint density at radius 3 is 2.75 bits per heavy atom. The van der Waals surface area contributed by atoms with Gasteiger partial charge in [-0.25, -0.2) is 4.79 Å². The highest BCUT2D eigenvalue weighted by atomic mass is 32.1. The number of aryl methyl sites for hydroxylation is 1. The Kier molecular flexibility index (Phi) is 3.97. The molecule has 1 aliphatic heterocycles. The van der Waals surface area contributed by atoms with Gasteiger partial charge in [-0.2, -0.15) is 0 Å². The van der Waals surface area contributed by atoms with Crippen LogP contribution in [-0.4, -0.2) is 36.0 Å². The van der Waals surface area contributed by atoms with E-state index in [1.54, 1.807) is 11.3 Å². The maximum atomic E-state index is 12.1. The van der Waals surface area contributed by atoms with Crippen molar-refractivity contribution in [3.8, 4) is 0 Å². The van der Waals surface area contributed by atoms with Crippen molar-refractivity contribution >= 4 is 17.4 Å². The Morgan fingerprint density at radius 1 is 1.33 bits per heavy atom. The van der Waals surface area contributed by atoms with Crippen molar-refractivity contribution in [1.82, 2.24) is 20.8 Å². The average molecular weight is 344 g/mol. The fourth-order valence-electron chi connectivity index (χ4n) is 3.73. The number of ether oxygens (including phenoxy) is 1. The van der Waals surface area contributed by atoms with Crippen LogP contribution < -0.4 is 10.6 Å². The molecule has 6 nitrogen and oxygen atoms in total. The Hall–Kier alpha value is -1.99. The van der Waals surface area contributed by atoms with Gasteiger partial charge in [0.15, 0.2) is 0 Å². The highest BCUT2D eigenvalue weighted by Crippen LogP contribution is 2.62. The fraction of sp³-hybridized carbons (Fsp3) is 0.471. The zero-order valence-corrected chi connectivity index (χ0v) is 14.3. The lowest BCUT2D eigenvalue weighted by molar-refractivity contribution is 0.128. The Labute approximate surface area is 144 Å². The maximum Gasteiger partial charge on any atom is 0.407 e. The molecule has 1 aromatic carbocycles. The highest BCUT2D eigenvalue weighted by Gasteiger charge is 2.69. The molecule has 7 heteroatoms. The summed E-state index contributed by atoms with van der Waals surface area (Å²) in [7, 11) is 0. The van der Waals surface area contributed by atoms with Crippen molar-refractivity contribution in [3.63, 3.8) is 0 Å². The van der Waals surface area contributed by atoms with E-state index in [9.17, 15) is 4.79 Å². The highest BCUT2D eigenvalue weighted by molar-refractivity contribution is 7.11. The lowest BCUT2D eigenvalue weighted by Crippen LogP contribution is -2.33. The Morgan fingerprint density at radius 2 is 2.08 bits per heavy atom. The van der Waals surface area contributed by atoms with Crippen LogP contribution in [0.1, 0.15) is 15.6 Å². The fourth-order valence-corrected chi connectivity index (χ4v) is 4.73. The lowest BCUT2D eigenvalue weighted by atomic mass is 10.0.